The van der Waals surface area contributed by atoms with Crippen molar-refractivity contribution in [3.8, 4) is 5.75 Å². The summed E-state index contributed by atoms with van der Waals surface area (Å²) < 4.78 is 5.51. The van der Waals surface area contributed by atoms with E-state index in [0.29, 0.717) is 29.4 Å². The van der Waals surface area contributed by atoms with Crippen molar-refractivity contribution in [3.05, 3.63) is 65.2 Å². The van der Waals surface area contributed by atoms with Crippen LogP contribution in [0.2, 0.25) is 5.02 Å². The molecule has 26 heavy (non-hydrogen) atoms. The van der Waals surface area contributed by atoms with Gasteiger partial charge < -0.3 is 15.0 Å². The topological polar surface area (TPSA) is 58.6 Å². The fourth-order valence-corrected chi connectivity index (χ4v) is 3.12. The second-order valence-electron chi connectivity index (χ2n) is 6.24. The highest BCUT2D eigenvalue weighted by Gasteiger charge is 2.24. The molecule has 1 fully saturated rings. The molecule has 1 heterocycles. The molecule has 0 spiro atoms. The molecule has 2 aromatic rings. The number of ether oxygens (including phenoxy) is 1. The first-order chi connectivity index (χ1) is 12.6. The Bertz CT molecular complexity index is 759. The third-order valence-corrected chi connectivity index (χ3v) is 4.61. The quantitative estimate of drug-likeness (QED) is 0.877. The Morgan fingerprint density at radius 1 is 1.08 bits per heavy atom. The summed E-state index contributed by atoms with van der Waals surface area (Å²) in [6.07, 6.45) is 1.45. The van der Waals surface area contributed by atoms with Crippen molar-refractivity contribution < 1.29 is 14.3 Å². The number of likely N-dealkylation sites (tertiary alicyclic amines) is 1. The molecule has 3 rings (SSSR count). The van der Waals surface area contributed by atoms with Crippen LogP contribution in [0.25, 0.3) is 0 Å². The van der Waals surface area contributed by atoms with Gasteiger partial charge >= 0.3 is 0 Å². The lowest BCUT2D eigenvalue weighted by Crippen LogP contribution is -2.47. The second kappa shape index (κ2) is 8.72. The number of hydrogen-bond donors (Lipinski definition) is 1. The first kappa shape index (κ1) is 18.3. The average molecular weight is 373 g/mol. The van der Waals surface area contributed by atoms with Crippen molar-refractivity contribution in [2.45, 2.75) is 18.9 Å². The molecule has 2 amide bonds. The second-order valence-corrected chi connectivity index (χ2v) is 6.68. The fraction of sp³-hybridized carbons (Fsp3) is 0.300. The highest BCUT2D eigenvalue weighted by Crippen LogP contribution is 2.15. The zero-order chi connectivity index (χ0) is 18.4. The summed E-state index contributed by atoms with van der Waals surface area (Å²) in [5.74, 6) is 0.516. The highest BCUT2D eigenvalue weighted by molar-refractivity contribution is 6.30. The predicted molar refractivity (Wildman–Crippen MR) is 100 cm³/mol. The molecule has 1 N–H and O–H groups in total. The number of carbonyl (C=O) groups is 2. The number of para-hydroxylation sites is 1. The van der Waals surface area contributed by atoms with Gasteiger partial charge in [-0.25, -0.2) is 0 Å². The van der Waals surface area contributed by atoms with Crippen LogP contribution in [0.5, 0.6) is 5.75 Å². The van der Waals surface area contributed by atoms with Crippen molar-refractivity contribution in [2.75, 3.05) is 19.7 Å². The monoisotopic (exact) mass is 372 g/mol. The van der Waals surface area contributed by atoms with Gasteiger partial charge in [0.2, 0.25) is 0 Å². The molecule has 6 heteroatoms. The molecule has 0 saturated carbocycles. The number of carbonyl (C=O) groups excluding carboxylic acids is 2. The average Bonchev–Trinajstić information content (AvgIpc) is 2.67. The lowest BCUT2D eigenvalue weighted by Gasteiger charge is -2.32. The summed E-state index contributed by atoms with van der Waals surface area (Å²) in [6.45, 7) is 1.25. The van der Waals surface area contributed by atoms with Gasteiger partial charge in [-0.05, 0) is 43.2 Å². The molecule has 0 unspecified atom stereocenters. The Kier molecular flexibility index (Phi) is 6.12. The van der Waals surface area contributed by atoms with Crippen LogP contribution in [0.15, 0.2) is 54.6 Å². The van der Waals surface area contributed by atoms with Gasteiger partial charge in [0.1, 0.15) is 5.75 Å². The van der Waals surface area contributed by atoms with Gasteiger partial charge in [0.15, 0.2) is 6.61 Å². The first-order valence-corrected chi connectivity index (χ1v) is 9.01. The SMILES string of the molecule is O=C(NC1CCN(C(=O)COc2ccccc2)CC1)c1cccc(Cl)c1. The molecule has 2 aromatic carbocycles. The zero-order valence-electron chi connectivity index (χ0n) is 14.4. The lowest BCUT2D eigenvalue weighted by molar-refractivity contribution is -0.134. The van der Waals surface area contributed by atoms with E-state index in [-0.39, 0.29) is 24.5 Å². The van der Waals surface area contributed by atoms with Gasteiger partial charge in [-0.1, -0.05) is 35.9 Å². The molecule has 0 aliphatic carbocycles. The molecule has 0 bridgehead atoms. The normalized spacial score (nSPS) is 14.7. The Morgan fingerprint density at radius 3 is 2.50 bits per heavy atom. The third-order valence-electron chi connectivity index (χ3n) is 4.38. The smallest absolute Gasteiger partial charge is 0.260 e. The Balaban J connectivity index is 1.43. The van der Waals surface area contributed by atoms with Crippen LogP contribution < -0.4 is 10.1 Å². The van der Waals surface area contributed by atoms with Crippen LogP contribution in [-0.4, -0.2) is 42.5 Å². The van der Waals surface area contributed by atoms with Crippen LogP contribution in [-0.2, 0) is 4.79 Å². The minimum atomic E-state index is -0.135. The molecule has 0 radical (unpaired) electrons. The number of amides is 2. The van der Waals surface area contributed by atoms with Gasteiger partial charge in [-0.2, -0.15) is 0 Å². The number of hydrogen-bond acceptors (Lipinski definition) is 3. The molecular formula is C20H21ClN2O3. The number of nitrogens with zero attached hydrogens (tertiary/aromatic N) is 1. The number of rotatable bonds is 5. The highest BCUT2D eigenvalue weighted by atomic mass is 35.5. The fourth-order valence-electron chi connectivity index (χ4n) is 2.92. The van der Waals surface area contributed by atoms with E-state index in [2.05, 4.69) is 5.32 Å². The van der Waals surface area contributed by atoms with Crippen LogP contribution in [0.4, 0.5) is 0 Å². The largest absolute Gasteiger partial charge is 0.484 e. The van der Waals surface area contributed by atoms with Crippen molar-refractivity contribution in [1.82, 2.24) is 10.2 Å². The van der Waals surface area contributed by atoms with Gasteiger partial charge in [-0.3, -0.25) is 9.59 Å². The molecule has 1 aliphatic heterocycles. The standard InChI is InChI=1S/C20H21ClN2O3/c21-16-6-4-5-15(13-16)20(25)22-17-9-11-23(12-10-17)19(24)14-26-18-7-2-1-3-8-18/h1-8,13,17H,9-12,14H2,(H,22,25). The van der Waals surface area contributed by atoms with Crippen molar-refractivity contribution in [3.63, 3.8) is 0 Å². The zero-order valence-corrected chi connectivity index (χ0v) is 15.1. The Labute approximate surface area is 157 Å². The van der Waals surface area contributed by atoms with Crippen LogP contribution in [0, 0.1) is 0 Å². The van der Waals surface area contributed by atoms with Gasteiger partial charge in [0, 0.05) is 29.7 Å². The van der Waals surface area contributed by atoms with E-state index in [4.69, 9.17) is 16.3 Å². The minimum absolute atomic E-state index is 0.0313. The van der Waals surface area contributed by atoms with Crippen LogP contribution >= 0.6 is 11.6 Å². The molecule has 0 aromatic heterocycles. The maximum Gasteiger partial charge on any atom is 0.260 e. The summed E-state index contributed by atoms with van der Waals surface area (Å²) in [7, 11) is 0. The number of piperidine rings is 1. The van der Waals surface area contributed by atoms with Gasteiger partial charge in [0.05, 0.1) is 0 Å². The van der Waals surface area contributed by atoms with E-state index >= 15 is 0 Å². The molecule has 1 saturated heterocycles. The minimum Gasteiger partial charge on any atom is -0.484 e. The van der Waals surface area contributed by atoms with Crippen molar-refractivity contribution >= 4 is 23.4 Å². The van der Waals surface area contributed by atoms with Crippen molar-refractivity contribution in [1.29, 1.82) is 0 Å². The van der Waals surface area contributed by atoms with Crippen molar-refractivity contribution in [2.24, 2.45) is 0 Å². The number of nitrogens with one attached hydrogen (secondary N) is 1. The summed E-state index contributed by atoms with van der Waals surface area (Å²) in [5, 5.41) is 3.55. The number of halogens is 1. The van der Waals surface area contributed by atoms with Gasteiger partial charge in [-0.15, -0.1) is 0 Å². The summed E-state index contributed by atoms with van der Waals surface area (Å²) in [6, 6.07) is 16.2. The lowest BCUT2D eigenvalue weighted by atomic mass is 10.0. The first-order valence-electron chi connectivity index (χ1n) is 8.64. The molecule has 5 nitrogen and oxygen atoms in total. The number of benzene rings is 2. The molecule has 0 atom stereocenters. The predicted octanol–water partition coefficient (Wildman–Crippen LogP) is 3.14. The van der Waals surface area contributed by atoms with E-state index in [0.717, 1.165) is 12.8 Å². The molecule has 1 aliphatic rings. The summed E-state index contributed by atoms with van der Waals surface area (Å²) >= 11 is 5.92. The van der Waals surface area contributed by atoms with Crippen LogP contribution in [0.3, 0.4) is 0 Å². The Morgan fingerprint density at radius 2 is 1.81 bits per heavy atom. The maximum atomic E-state index is 12.3. The summed E-state index contributed by atoms with van der Waals surface area (Å²) in [5.41, 5.74) is 0.548. The van der Waals surface area contributed by atoms with Gasteiger partial charge in [0.25, 0.3) is 11.8 Å². The molecular weight excluding hydrogens is 352 g/mol. The molecule has 136 valence electrons. The van der Waals surface area contributed by atoms with E-state index in [1.165, 1.54) is 0 Å². The van der Waals surface area contributed by atoms with E-state index in [1.807, 2.05) is 30.3 Å². The Hall–Kier alpha value is -2.53. The summed E-state index contributed by atoms with van der Waals surface area (Å²) in [4.78, 5) is 26.3. The van der Waals surface area contributed by atoms with E-state index in [9.17, 15) is 9.59 Å². The van der Waals surface area contributed by atoms with E-state index < -0.39 is 0 Å². The van der Waals surface area contributed by atoms with Crippen LogP contribution in [0.1, 0.15) is 23.2 Å². The third kappa shape index (κ3) is 4.99. The maximum absolute atomic E-state index is 12.3. The van der Waals surface area contributed by atoms with E-state index in [1.54, 1.807) is 29.2 Å².